The van der Waals surface area contributed by atoms with Crippen LogP contribution in [-0.4, -0.2) is 0 Å². The molecule has 0 spiro atoms. The first-order chi connectivity index (χ1) is 10.7. The number of hydrogen-bond donors (Lipinski definition) is 0. The lowest BCUT2D eigenvalue weighted by atomic mass is 9.78. The first kappa shape index (κ1) is 16.7. The van der Waals surface area contributed by atoms with Gasteiger partial charge in [-0.3, -0.25) is 0 Å². The summed E-state index contributed by atoms with van der Waals surface area (Å²) < 4.78 is 13.0. The smallest absolute Gasteiger partial charge is 0.195 e. The van der Waals surface area contributed by atoms with E-state index in [1.54, 1.807) is 6.07 Å². The van der Waals surface area contributed by atoms with Crippen molar-refractivity contribution in [3.8, 4) is 6.07 Å². The molecule has 0 saturated heterocycles. The summed E-state index contributed by atoms with van der Waals surface area (Å²) in [4.78, 5) is 0. The molecular formula is C20H26FN. The fraction of sp³-hybridized carbons (Fsp3) is 0.550. The third-order valence-corrected chi connectivity index (χ3v) is 4.78. The second-order valence-electron chi connectivity index (χ2n) is 6.44. The van der Waals surface area contributed by atoms with Gasteiger partial charge in [0.05, 0.1) is 0 Å². The zero-order valence-electron chi connectivity index (χ0n) is 13.5. The minimum absolute atomic E-state index is 0.240. The zero-order chi connectivity index (χ0) is 15.8. The van der Waals surface area contributed by atoms with E-state index in [1.807, 2.05) is 0 Å². The fourth-order valence-corrected chi connectivity index (χ4v) is 3.40. The second-order valence-corrected chi connectivity index (χ2v) is 6.44. The topological polar surface area (TPSA) is 23.8 Å². The molecule has 1 aliphatic rings. The van der Waals surface area contributed by atoms with Crippen molar-refractivity contribution in [3.05, 3.63) is 47.3 Å². The Balaban J connectivity index is 1.85. The summed E-state index contributed by atoms with van der Waals surface area (Å²) in [5.41, 5.74) is 2.85. The molecule has 118 valence electrons. The molecule has 0 N–H and O–H groups in total. The second kappa shape index (κ2) is 8.73. The van der Waals surface area contributed by atoms with Gasteiger partial charge in [0.1, 0.15) is 6.07 Å². The molecule has 22 heavy (non-hydrogen) atoms. The number of aryl methyl sites for hydroxylation is 1. The van der Waals surface area contributed by atoms with E-state index in [-0.39, 0.29) is 5.92 Å². The average Bonchev–Trinajstić information content (AvgIpc) is 2.56. The molecule has 1 fully saturated rings. The number of halogens is 1. The van der Waals surface area contributed by atoms with Crippen LogP contribution in [0.5, 0.6) is 0 Å². The van der Waals surface area contributed by atoms with Gasteiger partial charge in [0.2, 0.25) is 0 Å². The molecule has 0 radical (unpaired) electrons. The van der Waals surface area contributed by atoms with Gasteiger partial charge < -0.3 is 0 Å². The Hall–Kier alpha value is -1.62. The molecule has 0 aromatic heterocycles. The van der Waals surface area contributed by atoms with Gasteiger partial charge in [-0.15, -0.1) is 0 Å². The lowest BCUT2D eigenvalue weighted by Gasteiger charge is -2.27. The van der Waals surface area contributed by atoms with E-state index < -0.39 is 5.83 Å². The van der Waals surface area contributed by atoms with Crippen LogP contribution in [0.15, 0.2) is 36.2 Å². The van der Waals surface area contributed by atoms with E-state index in [9.17, 15) is 4.39 Å². The summed E-state index contributed by atoms with van der Waals surface area (Å²) >= 11 is 0. The van der Waals surface area contributed by atoms with Crippen molar-refractivity contribution < 1.29 is 4.39 Å². The minimum atomic E-state index is -0.625. The number of benzene rings is 1. The molecular weight excluding hydrogens is 273 g/mol. The molecule has 0 bridgehead atoms. The maximum Gasteiger partial charge on any atom is 0.196 e. The lowest BCUT2D eigenvalue weighted by molar-refractivity contribution is 0.372. The summed E-state index contributed by atoms with van der Waals surface area (Å²) in [5.74, 6) is 0.212. The molecule has 1 aromatic carbocycles. The largest absolute Gasteiger partial charge is 0.196 e. The van der Waals surface area contributed by atoms with Crippen LogP contribution >= 0.6 is 0 Å². The van der Waals surface area contributed by atoms with E-state index in [2.05, 4.69) is 31.2 Å². The van der Waals surface area contributed by atoms with Crippen LogP contribution in [-0.2, 0) is 6.42 Å². The lowest BCUT2D eigenvalue weighted by Crippen LogP contribution is -2.12. The number of unbranched alkanes of at least 4 members (excludes halogenated alkanes) is 2. The van der Waals surface area contributed by atoms with Crippen molar-refractivity contribution in [2.75, 3.05) is 0 Å². The van der Waals surface area contributed by atoms with E-state index in [0.717, 1.165) is 25.7 Å². The quantitative estimate of drug-likeness (QED) is 0.462. The highest BCUT2D eigenvalue weighted by molar-refractivity contribution is 5.26. The van der Waals surface area contributed by atoms with Crippen LogP contribution in [0, 0.1) is 17.2 Å². The molecule has 0 aliphatic heterocycles. The highest BCUT2D eigenvalue weighted by atomic mass is 19.1. The van der Waals surface area contributed by atoms with Gasteiger partial charge in [0.15, 0.2) is 5.83 Å². The molecule has 2 rings (SSSR count). The highest BCUT2D eigenvalue weighted by Crippen LogP contribution is 2.36. The number of nitriles is 1. The number of allylic oxidation sites excluding steroid dienone is 2. The van der Waals surface area contributed by atoms with Crippen molar-refractivity contribution in [2.45, 2.75) is 64.2 Å². The summed E-state index contributed by atoms with van der Waals surface area (Å²) in [6.07, 6.45) is 10.7. The molecule has 1 aromatic rings. The Morgan fingerprint density at radius 2 is 1.86 bits per heavy atom. The van der Waals surface area contributed by atoms with Crippen LogP contribution in [0.3, 0.4) is 0 Å². The van der Waals surface area contributed by atoms with Gasteiger partial charge in [-0.25, -0.2) is 0 Å². The van der Waals surface area contributed by atoms with Gasteiger partial charge in [-0.1, -0.05) is 44.0 Å². The molecule has 0 heterocycles. The van der Waals surface area contributed by atoms with E-state index in [1.165, 1.54) is 42.9 Å². The maximum absolute atomic E-state index is 13.0. The number of hydrogen-bond acceptors (Lipinski definition) is 1. The Morgan fingerprint density at radius 1 is 1.18 bits per heavy atom. The van der Waals surface area contributed by atoms with Crippen molar-refractivity contribution >= 4 is 0 Å². The van der Waals surface area contributed by atoms with Crippen molar-refractivity contribution in [3.63, 3.8) is 0 Å². The summed E-state index contributed by atoms with van der Waals surface area (Å²) in [7, 11) is 0. The van der Waals surface area contributed by atoms with Gasteiger partial charge in [-0.2, -0.15) is 9.65 Å². The Bertz CT molecular complexity index is 516. The predicted molar refractivity (Wildman–Crippen MR) is 89.2 cm³/mol. The van der Waals surface area contributed by atoms with Gasteiger partial charge >= 0.3 is 0 Å². The van der Waals surface area contributed by atoms with Crippen LogP contribution in [0.2, 0.25) is 0 Å². The molecule has 1 nitrogen and oxygen atoms in total. The van der Waals surface area contributed by atoms with Crippen molar-refractivity contribution in [1.29, 1.82) is 5.26 Å². The Labute approximate surface area is 133 Å². The van der Waals surface area contributed by atoms with Crippen LogP contribution in [0.4, 0.5) is 4.39 Å². The summed E-state index contributed by atoms with van der Waals surface area (Å²) in [6.45, 7) is 2.23. The molecule has 1 aliphatic carbocycles. The third kappa shape index (κ3) is 4.98. The van der Waals surface area contributed by atoms with Crippen molar-refractivity contribution in [1.82, 2.24) is 0 Å². The molecule has 0 unspecified atom stereocenters. The summed E-state index contributed by atoms with van der Waals surface area (Å²) in [6, 6.07) is 10.7. The molecule has 0 amide bonds. The minimum Gasteiger partial charge on any atom is -0.195 e. The van der Waals surface area contributed by atoms with Crippen LogP contribution in [0.25, 0.3) is 0 Å². The van der Waals surface area contributed by atoms with E-state index >= 15 is 0 Å². The van der Waals surface area contributed by atoms with Gasteiger partial charge in [0.25, 0.3) is 0 Å². The predicted octanol–water partition coefficient (Wildman–Crippen LogP) is 6.07. The van der Waals surface area contributed by atoms with Crippen LogP contribution < -0.4 is 0 Å². The molecule has 2 heteroatoms. The van der Waals surface area contributed by atoms with Gasteiger partial charge in [0, 0.05) is 0 Å². The van der Waals surface area contributed by atoms with Gasteiger partial charge in [-0.05, 0) is 67.6 Å². The molecule has 0 atom stereocenters. The normalized spacial score (nSPS) is 22.3. The Kier molecular flexibility index (Phi) is 6.65. The average molecular weight is 299 g/mol. The maximum atomic E-state index is 13.0. The Morgan fingerprint density at radius 3 is 2.45 bits per heavy atom. The summed E-state index contributed by atoms with van der Waals surface area (Å²) in [5, 5.41) is 8.51. The first-order valence-electron chi connectivity index (χ1n) is 8.59. The van der Waals surface area contributed by atoms with E-state index in [4.69, 9.17) is 5.26 Å². The first-order valence-corrected chi connectivity index (χ1v) is 8.59. The SMILES string of the molecule is CCCCCc1ccc([C@H]2CC[C@H](C=C(F)C#N)CC2)cc1. The highest BCUT2D eigenvalue weighted by Gasteiger charge is 2.21. The fourth-order valence-electron chi connectivity index (χ4n) is 3.40. The number of rotatable bonds is 6. The van der Waals surface area contributed by atoms with E-state index in [0.29, 0.717) is 5.92 Å². The third-order valence-electron chi connectivity index (χ3n) is 4.78. The standard InChI is InChI=1S/C20H26FN/c1-2-3-4-5-16-6-10-18(11-7-16)19-12-8-17(9-13-19)14-20(21)15-22/h6-7,10-11,14,17,19H,2-5,8-9,12-13H2,1H3/t17-,19-. The molecule has 1 saturated carbocycles. The van der Waals surface area contributed by atoms with Crippen LogP contribution in [0.1, 0.15) is 68.9 Å². The number of nitrogens with zero attached hydrogens (tertiary/aromatic N) is 1. The zero-order valence-corrected chi connectivity index (χ0v) is 13.5. The monoisotopic (exact) mass is 299 g/mol. The van der Waals surface area contributed by atoms with Crippen molar-refractivity contribution in [2.24, 2.45) is 5.92 Å².